The van der Waals surface area contributed by atoms with Crippen LogP contribution in [0.1, 0.15) is 38.2 Å². The Labute approximate surface area is 108 Å². The Morgan fingerprint density at radius 3 is 2.61 bits per heavy atom. The van der Waals surface area contributed by atoms with Crippen molar-refractivity contribution in [2.24, 2.45) is 5.92 Å². The van der Waals surface area contributed by atoms with Crippen molar-refractivity contribution in [1.29, 1.82) is 0 Å². The summed E-state index contributed by atoms with van der Waals surface area (Å²) in [4.78, 5) is 11.6. The number of carboxylic acids is 1. The Morgan fingerprint density at radius 1 is 1.39 bits per heavy atom. The first-order chi connectivity index (χ1) is 8.52. The van der Waals surface area contributed by atoms with E-state index in [1.165, 1.54) is 5.56 Å². The number of aryl methyl sites for hydroxylation is 1. The average Bonchev–Trinajstić information content (AvgIpc) is 2.32. The number of hydrogen-bond acceptors (Lipinski definition) is 2. The zero-order chi connectivity index (χ0) is 13.2. The van der Waals surface area contributed by atoms with Crippen molar-refractivity contribution in [3.63, 3.8) is 0 Å². The quantitative estimate of drug-likeness (QED) is 0.860. The molecule has 0 bridgehead atoms. The van der Waals surface area contributed by atoms with Gasteiger partial charge in [0, 0.05) is 5.69 Å². The summed E-state index contributed by atoms with van der Waals surface area (Å²) in [5.74, 6) is -0.262. The smallest absolute Gasteiger partial charge is 0.329 e. The first-order valence-electron chi connectivity index (χ1n) is 6.60. The van der Waals surface area contributed by atoms with Gasteiger partial charge >= 0.3 is 5.97 Å². The van der Waals surface area contributed by atoms with E-state index in [4.69, 9.17) is 0 Å². The standard InChI is InChI=1S/C15H21NO2/c1-11-5-7-13(8-6-11)16-15(14(17)18)9-3-4-12(2)10-15/h5-8,12,16H,3-4,9-10H2,1-2H3,(H,17,18). The fourth-order valence-electron chi connectivity index (χ4n) is 2.83. The molecule has 1 aliphatic carbocycles. The van der Waals surface area contributed by atoms with Crippen molar-refractivity contribution in [1.82, 2.24) is 0 Å². The molecular formula is C15H21NO2. The highest BCUT2D eigenvalue weighted by Gasteiger charge is 2.41. The molecule has 0 radical (unpaired) electrons. The summed E-state index contributed by atoms with van der Waals surface area (Å²) in [6.45, 7) is 4.16. The van der Waals surface area contributed by atoms with Gasteiger partial charge in [0.2, 0.25) is 0 Å². The molecule has 2 rings (SSSR count). The maximum absolute atomic E-state index is 11.6. The van der Waals surface area contributed by atoms with Crippen molar-refractivity contribution in [3.8, 4) is 0 Å². The first-order valence-corrected chi connectivity index (χ1v) is 6.60. The molecule has 2 atom stereocenters. The topological polar surface area (TPSA) is 49.3 Å². The van der Waals surface area contributed by atoms with Gasteiger partial charge in [0.15, 0.2) is 0 Å². The summed E-state index contributed by atoms with van der Waals surface area (Å²) >= 11 is 0. The van der Waals surface area contributed by atoms with E-state index in [0.29, 0.717) is 18.8 Å². The summed E-state index contributed by atoms with van der Waals surface area (Å²) in [6.07, 6.45) is 3.52. The fraction of sp³-hybridized carbons (Fsp3) is 0.533. The lowest BCUT2D eigenvalue weighted by Gasteiger charge is -2.37. The molecule has 0 saturated heterocycles. The third kappa shape index (κ3) is 2.66. The summed E-state index contributed by atoms with van der Waals surface area (Å²) in [5.41, 5.74) is 1.30. The molecule has 0 aromatic heterocycles. The predicted octanol–water partition coefficient (Wildman–Crippen LogP) is 3.44. The lowest BCUT2D eigenvalue weighted by molar-refractivity contribution is -0.144. The van der Waals surface area contributed by atoms with Crippen LogP contribution in [0.4, 0.5) is 5.69 Å². The Balaban J connectivity index is 2.20. The molecule has 1 saturated carbocycles. The molecule has 1 aromatic carbocycles. The van der Waals surface area contributed by atoms with E-state index in [2.05, 4.69) is 12.2 Å². The van der Waals surface area contributed by atoms with Gasteiger partial charge in [0.25, 0.3) is 0 Å². The Morgan fingerprint density at radius 2 is 2.06 bits per heavy atom. The number of nitrogens with one attached hydrogen (secondary N) is 1. The van der Waals surface area contributed by atoms with Crippen molar-refractivity contribution in [2.45, 2.75) is 45.1 Å². The summed E-state index contributed by atoms with van der Waals surface area (Å²) in [7, 11) is 0. The molecule has 0 heterocycles. The largest absolute Gasteiger partial charge is 0.480 e. The second-order valence-electron chi connectivity index (χ2n) is 5.58. The third-order valence-corrected chi connectivity index (χ3v) is 3.84. The van der Waals surface area contributed by atoms with Crippen LogP contribution in [0.5, 0.6) is 0 Å². The molecule has 2 unspecified atom stereocenters. The van der Waals surface area contributed by atoms with Gasteiger partial charge in [-0.2, -0.15) is 0 Å². The number of rotatable bonds is 3. The van der Waals surface area contributed by atoms with E-state index < -0.39 is 11.5 Å². The van der Waals surface area contributed by atoms with Crippen LogP contribution >= 0.6 is 0 Å². The molecule has 3 heteroatoms. The van der Waals surface area contributed by atoms with Gasteiger partial charge in [-0.25, -0.2) is 4.79 Å². The second-order valence-corrected chi connectivity index (χ2v) is 5.58. The van der Waals surface area contributed by atoms with E-state index in [1.807, 2.05) is 31.2 Å². The molecule has 98 valence electrons. The molecule has 1 aromatic rings. The van der Waals surface area contributed by atoms with E-state index >= 15 is 0 Å². The highest BCUT2D eigenvalue weighted by molar-refractivity contribution is 5.83. The minimum atomic E-state index is -0.785. The zero-order valence-corrected chi connectivity index (χ0v) is 11.1. The Hall–Kier alpha value is -1.51. The highest BCUT2D eigenvalue weighted by Crippen LogP contribution is 2.35. The minimum Gasteiger partial charge on any atom is -0.480 e. The number of carboxylic acid groups (broad SMARTS) is 1. The van der Waals surface area contributed by atoms with Gasteiger partial charge in [-0.15, -0.1) is 0 Å². The normalized spacial score (nSPS) is 27.8. The molecule has 0 aliphatic heterocycles. The lowest BCUT2D eigenvalue weighted by Crippen LogP contribution is -2.49. The Bertz CT molecular complexity index is 427. The van der Waals surface area contributed by atoms with Crippen molar-refractivity contribution < 1.29 is 9.90 Å². The minimum absolute atomic E-state index is 0.466. The fourth-order valence-corrected chi connectivity index (χ4v) is 2.83. The number of hydrogen-bond donors (Lipinski definition) is 2. The molecule has 1 fully saturated rings. The molecule has 1 aliphatic rings. The molecule has 3 nitrogen and oxygen atoms in total. The molecule has 2 N–H and O–H groups in total. The number of aliphatic carboxylic acids is 1. The Kier molecular flexibility index (Phi) is 3.60. The monoisotopic (exact) mass is 247 g/mol. The van der Waals surface area contributed by atoms with Crippen LogP contribution in [0.3, 0.4) is 0 Å². The maximum Gasteiger partial charge on any atom is 0.329 e. The third-order valence-electron chi connectivity index (χ3n) is 3.84. The zero-order valence-electron chi connectivity index (χ0n) is 11.1. The van der Waals surface area contributed by atoms with Gasteiger partial charge in [-0.3, -0.25) is 0 Å². The van der Waals surface area contributed by atoms with E-state index in [1.54, 1.807) is 0 Å². The van der Waals surface area contributed by atoms with Gasteiger partial charge in [0.1, 0.15) is 5.54 Å². The molecule has 0 spiro atoms. The van der Waals surface area contributed by atoms with Crippen molar-refractivity contribution in [2.75, 3.05) is 5.32 Å². The molecule has 0 amide bonds. The molecular weight excluding hydrogens is 226 g/mol. The van der Waals surface area contributed by atoms with Crippen LogP contribution in [-0.2, 0) is 4.79 Å². The number of benzene rings is 1. The van der Waals surface area contributed by atoms with Crippen LogP contribution in [-0.4, -0.2) is 16.6 Å². The van der Waals surface area contributed by atoms with Crippen LogP contribution in [0.2, 0.25) is 0 Å². The SMILES string of the molecule is Cc1ccc(NC2(C(=O)O)CCCC(C)C2)cc1. The predicted molar refractivity (Wildman–Crippen MR) is 72.8 cm³/mol. The van der Waals surface area contributed by atoms with Crippen LogP contribution in [0.25, 0.3) is 0 Å². The second kappa shape index (κ2) is 5.01. The van der Waals surface area contributed by atoms with Crippen molar-refractivity contribution in [3.05, 3.63) is 29.8 Å². The van der Waals surface area contributed by atoms with E-state index in [-0.39, 0.29) is 0 Å². The van der Waals surface area contributed by atoms with Crippen LogP contribution in [0, 0.1) is 12.8 Å². The van der Waals surface area contributed by atoms with Crippen LogP contribution in [0.15, 0.2) is 24.3 Å². The summed E-state index contributed by atoms with van der Waals surface area (Å²) < 4.78 is 0. The first kappa shape index (κ1) is 12.9. The van der Waals surface area contributed by atoms with E-state index in [9.17, 15) is 9.90 Å². The molecule has 18 heavy (non-hydrogen) atoms. The number of anilines is 1. The highest BCUT2D eigenvalue weighted by atomic mass is 16.4. The average molecular weight is 247 g/mol. The summed E-state index contributed by atoms with van der Waals surface area (Å²) in [6, 6.07) is 7.92. The van der Waals surface area contributed by atoms with Gasteiger partial charge in [-0.1, -0.05) is 37.5 Å². The van der Waals surface area contributed by atoms with Gasteiger partial charge in [0.05, 0.1) is 0 Å². The van der Waals surface area contributed by atoms with Gasteiger partial charge in [-0.05, 0) is 37.8 Å². The van der Waals surface area contributed by atoms with E-state index in [0.717, 1.165) is 18.5 Å². The summed E-state index contributed by atoms with van der Waals surface area (Å²) in [5, 5.41) is 12.8. The van der Waals surface area contributed by atoms with Gasteiger partial charge < -0.3 is 10.4 Å². The van der Waals surface area contributed by atoms with Crippen LogP contribution < -0.4 is 5.32 Å². The van der Waals surface area contributed by atoms with Crippen molar-refractivity contribution >= 4 is 11.7 Å². The lowest BCUT2D eigenvalue weighted by atomic mass is 9.76. The maximum atomic E-state index is 11.6. The number of carbonyl (C=O) groups is 1.